The van der Waals surface area contributed by atoms with E-state index in [4.69, 9.17) is 5.73 Å². The number of hydrogen-bond acceptors (Lipinski definition) is 2. The van der Waals surface area contributed by atoms with Crippen molar-refractivity contribution in [2.45, 2.75) is 19.4 Å². The Hall–Kier alpha value is -1.46. The molecule has 1 atom stereocenters. The van der Waals surface area contributed by atoms with Gasteiger partial charge in [0, 0.05) is 32.2 Å². The molecule has 1 unspecified atom stereocenters. The number of rotatable bonds is 3. The van der Waals surface area contributed by atoms with E-state index in [-0.39, 0.29) is 6.04 Å². The van der Waals surface area contributed by atoms with Crippen LogP contribution in [0.25, 0.3) is 0 Å². The summed E-state index contributed by atoms with van der Waals surface area (Å²) in [6, 6.07) is 8.31. The molecule has 1 rings (SSSR count). The van der Waals surface area contributed by atoms with Crippen molar-refractivity contribution >= 4 is 5.69 Å². The molecule has 0 bridgehead atoms. The Morgan fingerprint density at radius 2 is 1.87 bits per heavy atom. The first-order valence-corrected chi connectivity index (χ1v) is 5.07. The minimum atomic E-state index is 0.0219. The van der Waals surface area contributed by atoms with Crippen molar-refractivity contribution in [2.24, 2.45) is 5.73 Å². The average molecular weight is 202 g/mol. The van der Waals surface area contributed by atoms with Crippen molar-refractivity contribution < 1.29 is 0 Å². The fourth-order valence-electron chi connectivity index (χ4n) is 1.35. The van der Waals surface area contributed by atoms with Gasteiger partial charge in [0.05, 0.1) is 0 Å². The van der Waals surface area contributed by atoms with E-state index >= 15 is 0 Å². The zero-order valence-electron chi connectivity index (χ0n) is 9.62. The first-order valence-electron chi connectivity index (χ1n) is 5.07. The topological polar surface area (TPSA) is 29.3 Å². The summed E-state index contributed by atoms with van der Waals surface area (Å²) in [5, 5.41) is 0. The zero-order valence-corrected chi connectivity index (χ0v) is 9.62. The fraction of sp³-hybridized carbons (Fsp3) is 0.385. The summed E-state index contributed by atoms with van der Waals surface area (Å²) in [7, 11) is 4.05. The predicted octanol–water partition coefficient (Wildman–Crippen LogP) is 2.17. The maximum absolute atomic E-state index is 5.99. The molecule has 0 aliphatic heterocycles. The minimum absolute atomic E-state index is 0.0219. The van der Waals surface area contributed by atoms with E-state index in [2.05, 4.69) is 41.0 Å². The summed E-state index contributed by atoms with van der Waals surface area (Å²) in [4.78, 5) is 2.07. The SMILES string of the molecule is CC#CCC(N)c1ccc(N(C)C)cc1. The van der Waals surface area contributed by atoms with Gasteiger partial charge in [-0.3, -0.25) is 0 Å². The van der Waals surface area contributed by atoms with E-state index in [1.165, 1.54) is 5.69 Å². The van der Waals surface area contributed by atoms with E-state index in [1.54, 1.807) is 0 Å². The summed E-state index contributed by atoms with van der Waals surface area (Å²) in [5.74, 6) is 5.86. The molecule has 1 aromatic carbocycles. The molecule has 2 nitrogen and oxygen atoms in total. The molecule has 2 N–H and O–H groups in total. The van der Waals surface area contributed by atoms with Crippen LogP contribution in [0.15, 0.2) is 24.3 Å². The Morgan fingerprint density at radius 1 is 1.27 bits per heavy atom. The molecule has 2 heteroatoms. The van der Waals surface area contributed by atoms with Gasteiger partial charge in [-0.1, -0.05) is 12.1 Å². The molecule has 1 aromatic rings. The highest BCUT2D eigenvalue weighted by molar-refractivity contribution is 5.46. The maximum atomic E-state index is 5.99. The van der Waals surface area contributed by atoms with Gasteiger partial charge in [-0.25, -0.2) is 0 Å². The van der Waals surface area contributed by atoms with Gasteiger partial charge in [0.2, 0.25) is 0 Å². The smallest absolute Gasteiger partial charge is 0.0405 e. The van der Waals surface area contributed by atoms with Crippen LogP contribution < -0.4 is 10.6 Å². The Bertz CT molecular complexity index is 354. The molecule has 0 aliphatic carbocycles. The van der Waals surface area contributed by atoms with E-state index < -0.39 is 0 Å². The Morgan fingerprint density at radius 3 is 2.33 bits per heavy atom. The van der Waals surface area contributed by atoms with Crippen LogP contribution in [0, 0.1) is 11.8 Å². The molecule has 0 saturated carbocycles. The van der Waals surface area contributed by atoms with Crippen LogP contribution >= 0.6 is 0 Å². The van der Waals surface area contributed by atoms with Gasteiger partial charge in [-0.15, -0.1) is 11.8 Å². The van der Waals surface area contributed by atoms with Crippen LogP contribution in [-0.4, -0.2) is 14.1 Å². The van der Waals surface area contributed by atoms with Gasteiger partial charge in [0.1, 0.15) is 0 Å². The third-order valence-electron chi connectivity index (χ3n) is 2.34. The molecular weight excluding hydrogens is 184 g/mol. The van der Waals surface area contributed by atoms with Crippen molar-refractivity contribution in [3.8, 4) is 11.8 Å². The maximum Gasteiger partial charge on any atom is 0.0405 e. The summed E-state index contributed by atoms with van der Waals surface area (Å²) >= 11 is 0. The van der Waals surface area contributed by atoms with Crippen LogP contribution in [0.2, 0.25) is 0 Å². The van der Waals surface area contributed by atoms with Crippen LogP contribution in [0.4, 0.5) is 5.69 Å². The van der Waals surface area contributed by atoms with Gasteiger partial charge in [-0.05, 0) is 24.6 Å². The number of nitrogens with two attached hydrogens (primary N) is 1. The number of benzene rings is 1. The summed E-state index contributed by atoms with van der Waals surface area (Å²) in [6.07, 6.45) is 0.720. The standard InChI is InChI=1S/C13H18N2/c1-4-5-6-13(14)11-7-9-12(10-8-11)15(2)3/h7-10,13H,6,14H2,1-3H3. The first kappa shape index (κ1) is 11.6. The van der Waals surface area contributed by atoms with Gasteiger partial charge in [-0.2, -0.15) is 0 Å². The first-order chi connectivity index (χ1) is 7.15. The fourth-order valence-corrected chi connectivity index (χ4v) is 1.35. The van der Waals surface area contributed by atoms with Crippen LogP contribution in [0.3, 0.4) is 0 Å². The normalized spacial score (nSPS) is 11.5. The lowest BCUT2D eigenvalue weighted by molar-refractivity contribution is 0.754. The van der Waals surface area contributed by atoms with E-state index in [0.29, 0.717) is 0 Å². The van der Waals surface area contributed by atoms with Gasteiger partial charge >= 0.3 is 0 Å². The molecule has 15 heavy (non-hydrogen) atoms. The van der Waals surface area contributed by atoms with E-state index in [0.717, 1.165) is 12.0 Å². The van der Waals surface area contributed by atoms with Crippen molar-refractivity contribution in [3.05, 3.63) is 29.8 Å². The van der Waals surface area contributed by atoms with Crippen LogP contribution in [0.1, 0.15) is 24.9 Å². The third-order valence-corrected chi connectivity index (χ3v) is 2.34. The van der Waals surface area contributed by atoms with Crippen molar-refractivity contribution in [3.63, 3.8) is 0 Å². The largest absolute Gasteiger partial charge is 0.378 e. The Labute approximate surface area is 92.1 Å². The molecule has 0 fully saturated rings. The van der Waals surface area contributed by atoms with Crippen molar-refractivity contribution in [1.29, 1.82) is 0 Å². The molecule has 0 saturated heterocycles. The highest BCUT2D eigenvalue weighted by atomic mass is 15.1. The lowest BCUT2D eigenvalue weighted by Crippen LogP contribution is -2.11. The number of hydrogen-bond donors (Lipinski definition) is 1. The van der Waals surface area contributed by atoms with Gasteiger partial charge in [0.25, 0.3) is 0 Å². The van der Waals surface area contributed by atoms with Crippen LogP contribution in [-0.2, 0) is 0 Å². The van der Waals surface area contributed by atoms with Gasteiger partial charge < -0.3 is 10.6 Å². The zero-order chi connectivity index (χ0) is 11.3. The lowest BCUT2D eigenvalue weighted by atomic mass is 10.0. The second-order valence-corrected chi connectivity index (χ2v) is 3.72. The molecule has 0 radical (unpaired) electrons. The second kappa shape index (κ2) is 5.43. The number of nitrogens with zero attached hydrogens (tertiary/aromatic N) is 1. The molecule has 0 aliphatic rings. The second-order valence-electron chi connectivity index (χ2n) is 3.72. The molecule has 0 heterocycles. The predicted molar refractivity (Wildman–Crippen MR) is 65.8 cm³/mol. The monoisotopic (exact) mass is 202 g/mol. The molecular formula is C13H18N2. The molecule has 80 valence electrons. The Balaban J connectivity index is 2.73. The third kappa shape index (κ3) is 3.30. The van der Waals surface area contributed by atoms with Crippen molar-refractivity contribution in [1.82, 2.24) is 0 Å². The van der Waals surface area contributed by atoms with E-state index in [1.807, 2.05) is 21.0 Å². The molecule has 0 spiro atoms. The highest BCUT2D eigenvalue weighted by Crippen LogP contribution is 2.17. The van der Waals surface area contributed by atoms with E-state index in [9.17, 15) is 0 Å². The molecule has 0 aromatic heterocycles. The summed E-state index contributed by atoms with van der Waals surface area (Å²) < 4.78 is 0. The summed E-state index contributed by atoms with van der Waals surface area (Å²) in [5.41, 5.74) is 8.32. The minimum Gasteiger partial charge on any atom is -0.378 e. The lowest BCUT2D eigenvalue weighted by Gasteiger charge is -2.14. The number of anilines is 1. The van der Waals surface area contributed by atoms with Crippen LogP contribution in [0.5, 0.6) is 0 Å². The quantitative estimate of drug-likeness (QED) is 0.761. The molecule has 0 amide bonds. The van der Waals surface area contributed by atoms with Crippen molar-refractivity contribution in [2.75, 3.05) is 19.0 Å². The Kier molecular flexibility index (Phi) is 4.20. The summed E-state index contributed by atoms with van der Waals surface area (Å²) in [6.45, 7) is 1.84. The highest BCUT2D eigenvalue weighted by Gasteiger charge is 2.04. The average Bonchev–Trinajstić information content (AvgIpc) is 2.26. The van der Waals surface area contributed by atoms with Gasteiger partial charge in [0.15, 0.2) is 0 Å².